The van der Waals surface area contributed by atoms with Crippen LogP contribution in [0.2, 0.25) is 5.02 Å². The number of nitrogens with one attached hydrogen (secondary N) is 1. The van der Waals surface area contributed by atoms with E-state index in [2.05, 4.69) is 17.3 Å². The first-order valence-electron chi connectivity index (χ1n) is 12.9. The lowest BCUT2D eigenvalue weighted by molar-refractivity contribution is -0.171. The van der Waals surface area contributed by atoms with Crippen LogP contribution in [0.5, 0.6) is 0 Å². The minimum Gasteiger partial charge on any atom is -0.469 e. The monoisotopic (exact) mass is 529 g/mol. The number of aliphatic imine (C=N–C) groups is 2. The number of allylic oxidation sites excluding steroid dienone is 3. The SMILES string of the molecule is C/C=C1/C(=NC2CCCCC2)C(C(N)=Nc2cc(F)ccc2Cl)=CNN1C1(C)C(=C(C)C)OCO[C@H]1C. The number of hydrogen-bond acceptors (Lipinski definition) is 6. The Kier molecular flexibility index (Phi) is 8.29. The van der Waals surface area contributed by atoms with Gasteiger partial charge in [0.25, 0.3) is 0 Å². The molecule has 2 atom stereocenters. The second-order valence-corrected chi connectivity index (χ2v) is 10.5. The van der Waals surface area contributed by atoms with Crippen LogP contribution in [0.15, 0.2) is 63.1 Å². The van der Waals surface area contributed by atoms with Gasteiger partial charge in [-0.25, -0.2) is 9.38 Å². The van der Waals surface area contributed by atoms with Crippen LogP contribution in [0.3, 0.4) is 0 Å². The highest BCUT2D eigenvalue weighted by atomic mass is 35.5. The summed E-state index contributed by atoms with van der Waals surface area (Å²) in [6, 6.07) is 4.22. The van der Waals surface area contributed by atoms with Crippen LogP contribution in [0.25, 0.3) is 0 Å². The van der Waals surface area contributed by atoms with E-state index in [1.54, 1.807) is 6.20 Å². The summed E-state index contributed by atoms with van der Waals surface area (Å²) in [5.74, 6) is 0.613. The highest BCUT2D eigenvalue weighted by Crippen LogP contribution is 2.40. The molecule has 1 saturated heterocycles. The highest BCUT2D eigenvalue weighted by molar-refractivity contribution is 6.34. The van der Waals surface area contributed by atoms with Crippen molar-refractivity contribution in [2.75, 3.05) is 6.79 Å². The molecule has 7 nitrogen and oxygen atoms in total. The number of rotatable bonds is 4. The molecule has 1 aromatic carbocycles. The Morgan fingerprint density at radius 2 is 2.00 bits per heavy atom. The van der Waals surface area contributed by atoms with Gasteiger partial charge in [0.15, 0.2) is 6.79 Å². The predicted molar refractivity (Wildman–Crippen MR) is 147 cm³/mol. The fraction of sp³-hybridized carbons (Fsp3) is 0.500. The van der Waals surface area contributed by atoms with Crippen molar-refractivity contribution in [2.24, 2.45) is 15.7 Å². The molecule has 2 heterocycles. The zero-order valence-corrected chi connectivity index (χ0v) is 23.0. The first kappa shape index (κ1) is 27.2. The van der Waals surface area contributed by atoms with Crippen LogP contribution in [0.4, 0.5) is 10.1 Å². The quantitative estimate of drug-likeness (QED) is 0.353. The average molecular weight is 530 g/mol. The molecule has 37 heavy (non-hydrogen) atoms. The third-order valence-corrected chi connectivity index (χ3v) is 7.67. The van der Waals surface area contributed by atoms with Gasteiger partial charge in [-0.2, -0.15) is 0 Å². The lowest BCUT2D eigenvalue weighted by Gasteiger charge is -2.51. The van der Waals surface area contributed by atoms with Gasteiger partial charge in [-0.1, -0.05) is 36.9 Å². The maximum Gasteiger partial charge on any atom is 0.189 e. The summed E-state index contributed by atoms with van der Waals surface area (Å²) in [6.45, 7) is 10.4. The van der Waals surface area contributed by atoms with Crippen LogP contribution in [0, 0.1) is 5.82 Å². The fourth-order valence-corrected chi connectivity index (χ4v) is 5.43. The number of halogens is 2. The predicted octanol–water partition coefficient (Wildman–Crippen LogP) is 6.29. The molecular formula is C28H37ClFN5O2. The van der Waals surface area contributed by atoms with E-state index in [9.17, 15) is 4.39 Å². The van der Waals surface area contributed by atoms with E-state index < -0.39 is 11.4 Å². The van der Waals surface area contributed by atoms with Crippen molar-refractivity contribution >= 4 is 28.8 Å². The molecule has 1 aliphatic carbocycles. The number of benzene rings is 1. The molecule has 3 aliphatic rings. The van der Waals surface area contributed by atoms with Crippen LogP contribution in [-0.2, 0) is 9.47 Å². The molecule has 0 spiro atoms. The van der Waals surface area contributed by atoms with Gasteiger partial charge >= 0.3 is 0 Å². The van der Waals surface area contributed by atoms with Gasteiger partial charge in [0, 0.05) is 12.3 Å². The molecule has 0 amide bonds. The van der Waals surface area contributed by atoms with Crippen LogP contribution in [0.1, 0.15) is 66.7 Å². The lowest BCUT2D eigenvalue weighted by atomic mass is 9.87. The van der Waals surface area contributed by atoms with Crippen molar-refractivity contribution in [2.45, 2.75) is 84.4 Å². The number of amidine groups is 1. The molecule has 9 heteroatoms. The first-order valence-corrected chi connectivity index (χ1v) is 13.3. The summed E-state index contributed by atoms with van der Waals surface area (Å²) in [5.41, 5.74) is 12.8. The van der Waals surface area contributed by atoms with Gasteiger partial charge in [0.05, 0.1) is 39.8 Å². The Hall–Kier alpha value is -2.84. The molecule has 1 unspecified atom stereocenters. The van der Waals surface area contributed by atoms with E-state index in [1.165, 1.54) is 24.6 Å². The van der Waals surface area contributed by atoms with Gasteiger partial charge in [0.2, 0.25) is 0 Å². The van der Waals surface area contributed by atoms with Gasteiger partial charge in [0.1, 0.15) is 23.0 Å². The Balaban J connectivity index is 1.84. The summed E-state index contributed by atoms with van der Waals surface area (Å²) in [6.07, 6.45) is 9.19. The molecule has 2 aliphatic heterocycles. The molecule has 4 rings (SSSR count). The van der Waals surface area contributed by atoms with Crippen molar-refractivity contribution in [3.8, 4) is 0 Å². The van der Waals surface area contributed by atoms with E-state index in [0.29, 0.717) is 10.6 Å². The van der Waals surface area contributed by atoms with Crippen molar-refractivity contribution in [3.63, 3.8) is 0 Å². The summed E-state index contributed by atoms with van der Waals surface area (Å²) < 4.78 is 25.9. The van der Waals surface area contributed by atoms with Crippen molar-refractivity contribution in [3.05, 3.63) is 63.9 Å². The first-order chi connectivity index (χ1) is 17.7. The summed E-state index contributed by atoms with van der Waals surface area (Å²) in [5, 5.41) is 2.37. The van der Waals surface area contributed by atoms with Crippen molar-refractivity contribution in [1.29, 1.82) is 0 Å². The zero-order chi connectivity index (χ0) is 26.7. The topological polar surface area (TPSA) is 84.5 Å². The highest BCUT2D eigenvalue weighted by Gasteiger charge is 2.49. The normalized spacial score (nSPS) is 27.7. The number of hydrazine groups is 1. The Morgan fingerprint density at radius 1 is 1.27 bits per heavy atom. The Morgan fingerprint density at radius 3 is 2.68 bits per heavy atom. The number of nitrogens with two attached hydrogens (primary N) is 1. The summed E-state index contributed by atoms with van der Waals surface area (Å²) in [7, 11) is 0. The third-order valence-electron chi connectivity index (χ3n) is 7.35. The maximum atomic E-state index is 13.9. The van der Waals surface area contributed by atoms with Crippen LogP contribution < -0.4 is 11.2 Å². The second-order valence-electron chi connectivity index (χ2n) is 10.1. The Bertz CT molecular complexity index is 1180. The average Bonchev–Trinajstić information content (AvgIpc) is 2.88. The minimum atomic E-state index is -0.661. The van der Waals surface area contributed by atoms with Crippen molar-refractivity contribution < 1.29 is 13.9 Å². The summed E-state index contributed by atoms with van der Waals surface area (Å²) in [4.78, 5) is 9.73. The van der Waals surface area contributed by atoms with Gasteiger partial charge in [-0.15, -0.1) is 0 Å². The molecule has 200 valence electrons. The molecule has 1 saturated carbocycles. The van der Waals surface area contributed by atoms with Crippen molar-refractivity contribution in [1.82, 2.24) is 10.4 Å². The molecule has 0 aromatic heterocycles. The van der Waals surface area contributed by atoms with E-state index in [0.717, 1.165) is 48.4 Å². The van der Waals surface area contributed by atoms with E-state index in [1.807, 2.05) is 38.8 Å². The number of ether oxygens (including phenoxy) is 2. The molecular weight excluding hydrogens is 493 g/mol. The largest absolute Gasteiger partial charge is 0.469 e. The zero-order valence-electron chi connectivity index (χ0n) is 22.3. The molecule has 2 fully saturated rings. The fourth-order valence-electron chi connectivity index (χ4n) is 5.27. The molecule has 0 radical (unpaired) electrons. The standard InChI is InChI=1S/C28H37ClFN5O2/c1-6-24-25(33-20-10-8-7-9-11-20)21(27(31)34-23-14-19(30)12-13-22(23)29)15-32-35(24)28(5)18(4)36-16-37-26(28)17(2)3/h6,12-15,18,20,32H,7-11,16H2,1-5H3,(H2,31,34)/b24-6-,33-25?/t18-,28?/m0/s1. The molecule has 0 bridgehead atoms. The van der Waals surface area contributed by atoms with E-state index in [4.69, 9.17) is 31.8 Å². The number of hydrogen-bond donors (Lipinski definition) is 2. The van der Waals surface area contributed by atoms with E-state index >= 15 is 0 Å². The maximum absolute atomic E-state index is 13.9. The second kappa shape index (κ2) is 11.3. The number of nitrogens with zero attached hydrogens (tertiary/aromatic N) is 3. The molecule has 1 aromatic rings. The summed E-state index contributed by atoms with van der Waals surface area (Å²) >= 11 is 6.28. The molecule has 3 N–H and O–H groups in total. The smallest absolute Gasteiger partial charge is 0.189 e. The van der Waals surface area contributed by atoms with Gasteiger partial charge in [-0.05, 0) is 65.2 Å². The van der Waals surface area contributed by atoms with Crippen LogP contribution in [-0.4, -0.2) is 41.0 Å². The van der Waals surface area contributed by atoms with Crippen LogP contribution >= 0.6 is 11.6 Å². The lowest BCUT2D eigenvalue weighted by Crippen LogP contribution is -2.64. The van der Waals surface area contributed by atoms with Gasteiger partial charge < -0.3 is 20.6 Å². The minimum absolute atomic E-state index is 0.180. The van der Waals surface area contributed by atoms with E-state index in [-0.39, 0.29) is 30.5 Å². The Labute approximate surface area is 223 Å². The third kappa shape index (κ3) is 5.41. The van der Waals surface area contributed by atoms with Gasteiger partial charge in [-0.3, -0.25) is 10.0 Å².